The SMILES string of the molecule is Cc1cc(F)cc(C(=O)NC2(C(=O)O)CC2)c1. The number of carboxylic acid groups (broad SMARTS) is 1. The third-order valence-corrected chi connectivity index (χ3v) is 2.82. The Balaban J connectivity index is 2.18. The van der Waals surface area contributed by atoms with Crippen LogP contribution in [0.3, 0.4) is 0 Å². The van der Waals surface area contributed by atoms with Gasteiger partial charge in [0.2, 0.25) is 0 Å². The lowest BCUT2D eigenvalue weighted by atomic mass is 10.1. The molecule has 0 aromatic heterocycles. The van der Waals surface area contributed by atoms with Gasteiger partial charge in [-0.25, -0.2) is 9.18 Å². The molecule has 17 heavy (non-hydrogen) atoms. The molecule has 2 rings (SSSR count). The highest BCUT2D eigenvalue weighted by Gasteiger charge is 2.51. The summed E-state index contributed by atoms with van der Waals surface area (Å²) < 4.78 is 13.1. The van der Waals surface area contributed by atoms with E-state index >= 15 is 0 Å². The summed E-state index contributed by atoms with van der Waals surface area (Å²) >= 11 is 0. The summed E-state index contributed by atoms with van der Waals surface area (Å²) in [6.07, 6.45) is 0.838. The van der Waals surface area contributed by atoms with E-state index in [2.05, 4.69) is 5.32 Å². The summed E-state index contributed by atoms with van der Waals surface area (Å²) in [4.78, 5) is 22.7. The van der Waals surface area contributed by atoms with Gasteiger partial charge in [-0.1, -0.05) is 0 Å². The Labute approximate surface area is 97.4 Å². The molecule has 0 saturated heterocycles. The van der Waals surface area contributed by atoms with Crippen LogP contribution in [0, 0.1) is 12.7 Å². The Kier molecular flexibility index (Phi) is 2.61. The van der Waals surface area contributed by atoms with E-state index in [1.807, 2.05) is 0 Å². The highest BCUT2D eigenvalue weighted by atomic mass is 19.1. The first-order valence-electron chi connectivity index (χ1n) is 5.26. The summed E-state index contributed by atoms with van der Waals surface area (Å²) in [6.45, 7) is 1.67. The van der Waals surface area contributed by atoms with Crippen molar-refractivity contribution in [2.45, 2.75) is 25.3 Å². The number of carboxylic acids is 1. The van der Waals surface area contributed by atoms with Crippen LogP contribution in [0.1, 0.15) is 28.8 Å². The van der Waals surface area contributed by atoms with Crippen LogP contribution in [0.2, 0.25) is 0 Å². The van der Waals surface area contributed by atoms with Crippen molar-refractivity contribution < 1.29 is 19.1 Å². The van der Waals surface area contributed by atoms with Gasteiger partial charge < -0.3 is 10.4 Å². The number of hydrogen-bond acceptors (Lipinski definition) is 2. The van der Waals surface area contributed by atoms with Crippen LogP contribution in [-0.4, -0.2) is 22.5 Å². The van der Waals surface area contributed by atoms with Gasteiger partial charge in [-0.05, 0) is 43.5 Å². The van der Waals surface area contributed by atoms with E-state index in [0.29, 0.717) is 18.4 Å². The molecule has 90 valence electrons. The molecule has 0 radical (unpaired) electrons. The lowest BCUT2D eigenvalue weighted by Gasteiger charge is -2.12. The highest BCUT2D eigenvalue weighted by molar-refractivity contribution is 5.99. The molecule has 0 unspecified atom stereocenters. The number of benzene rings is 1. The van der Waals surface area contributed by atoms with E-state index in [-0.39, 0.29) is 5.56 Å². The second kappa shape index (κ2) is 3.84. The van der Waals surface area contributed by atoms with E-state index < -0.39 is 23.2 Å². The maximum atomic E-state index is 13.1. The number of aryl methyl sites for hydroxylation is 1. The van der Waals surface area contributed by atoms with E-state index in [0.717, 1.165) is 6.07 Å². The van der Waals surface area contributed by atoms with Crippen LogP contribution < -0.4 is 5.32 Å². The number of halogens is 1. The van der Waals surface area contributed by atoms with Crippen molar-refractivity contribution in [2.75, 3.05) is 0 Å². The van der Waals surface area contributed by atoms with Gasteiger partial charge in [0.25, 0.3) is 5.91 Å². The number of carbonyl (C=O) groups excluding carboxylic acids is 1. The fourth-order valence-corrected chi connectivity index (χ4v) is 1.67. The summed E-state index contributed by atoms with van der Waals surface area (Å²) in [5.41, 5.74) is -0.373. The first-order valence-corrected chi connectivity index (χ1v) is 5.26. The monoisotopic (exact) mass is 237 g/mol. The van der Waals surface area contributed by atoms with Gasteiger partial charge in [-0.3, -0.25) is 4.79 Å². The number of nitrogens with one attached hydrogen (secondary N) is 1. The zero-order chi connectivity index (χ0) is 12.6. The van der Waals surface area contributed by atoms with Gasteiger partial charge in [0.1, 0.15) is 11.4 Å². The Bertz CT molecular complexity index is 474. The van der Waals surface area contributed by atoms with Crippen molar-refractivity contribution in [3.05, 3.63) is 35.1 Å². The van der Waals surface area contributed by atoms with E-state index in [1.54, 1.807) is 6.92 Å². The molecule has 0 bridgehead atoms. The standard InChI is InChI=1S/C12H12FNO3/c1-7-4-8(6-9(13)5-7)10(15)14-12(2-3-12)11(16)17/h4-6H,2-3H2,1H3,(H,14,15)(H,16,17). The molecule has 1 saturated carbocycles. The van der Waals surface area contributed by atoms with Crippen molar-refractivity contribution in [2.24, 2.45) is 0 Å². The van der Waals surface area contributed by atoms with Crippen molar-refractivity contribution >= 4 is 11.9 Å². The predicted molar refractivity (Wildman–Crippen MR) is 58.2 cm³/mol. The lowest BCUT2D eigenvalue weighted by Crippen LogP contribution is -2.43. The summed E-state index contributed by atoms with van der Waals surface area (Å²) in [7, 11) is 0. The molecule has 0 aliphatic heterocycles. The van der Waals surface area contributed by atoms with Crippen LogP contribution in [0.5, 0.6) is 0 Å². The molecule has 1 aromatic rings. The van der Waals surface area contributed by atoms with Crippen LogP contribution in [0.25, 0.3) is 0 Å². The van der Waals surface area contributed by atoms with Gasteiger partial charge in [-0.15, -0.1) is 0 Å². The zero-order valence-electron chi connectivity index (χ0n) is 9.29. The smallest absolute Gasteiger partial charge is 0.329 e. The molecule has 1 aliphatic rings. The predicted octanol–water partition coefficient (Wildman–Crippen LogP) is 1.48. The average Bonchev–Trinajstić information content (AvgIpc) is 2.97. The molecule has 5 heteroatoms. The number of carbonyl (C=O) groups is 2. The topological polar surface area (TPSA) is 66.4 Å². The second-order valence-electron chi connectivity index (χ2n) is 4.36. The second-order valence-corrected chi connectivity index (χ2v) is 4.36. The van der Waals surface area contributed by atoms with Crippen LogP contribution in [-0.2, 0) is 4.79 Å². The van der Waals surface area contributed by atoms with Gasteiger partial charge in [0.15, 0.2) is 0 Å². The zero-order valence-corrected chi connectivity index (χ0v) is 9.29. The van der Waals surface area contributed by atoms with Crippen LogP contribution >= 0.6 is 0 Å². The van der Waals surface area contributed by atoms with E-state index in [1.165, 1.54) is 12.1 Å². The average molecular weight is 237 g/mol. The minimum atomic E-state index is -1.14. The maximum Gasteiger partial charge on any atom is 0.329 e. The first-order chi connectivity index (χ1) is 7.93. The third-order valence-electron chi connectivity index (χ3n) is 2.82. The van der Waals surface area contributed by atoms with Crippen molar-refractivity contribution in [3.63, 3.8) is 0 Å². The third kappa shape index (κ3) is 2.27. The van der Waals surface area contributed by atoms with Gasteiger partial charge in [0, 0.05) is 5.56 Å². The van der Waals surface area contributed by atoms with Gasteiger partial charge in [-0.2, -0.15) is 0 Å². The summed E-state index contributed by atoms with van der Waals surface area (Å²) in [5.74, 6) is -2.10. The number of rotatable bonds is 3. The molecular weight excluding hydrogens is 225 g/mol. The Morgan fingerprint density at radius 1 is 1.35 bits per heavy atom. The Morgan fingerprint density at radius 2 is 2.00 bits per heavy atom. The molecule has 1 amide bonds. The molecule has 2 N–H and O–H groups in total. The number of hydrogen-bond donors (Lipinski definition) is 2. The maximum absolute atomic E-state index is 13.1. The van der Waals surface area contributed by atoms with Gasteiger partial charge >= 0.3 is 5.97 Å². The minimum absolute atomic E-state index is 0.148. The first kappa shape index (κ1) is 11.6. The Morgan fingerprint density at radius 3 is 2.47 bits per heavy atom. The lowest BCUT2D eigenvalue weighted by molar-refractivity contribution is -0.140. The van der Waals surface area contributed by atoms with Crippen molar-refractivity contribution in [3.8, 4) is 0 Å². The largest absolute Gasteiger partial charge is 0.480 e. The normalized spacial score (nSPS) is 16.4. The molecule has 0 spiro atoms. The van der Waals surface area contributed by atoms with Crippen molar-refractivity contribution in [1.29, 1.82) is 0 Å². The molecule has 1 aliphatic carbocycles. The van der Waals surface area contributed by atoms with Crippen LogP contribution in [0.15, 0.2) is 18.2 Å². The molecule has 0 atom stereocenters. The number of aliphatic carboxylic acids is 1. The van der Waals surface area contributed by atoms with E-state index in [4.69, 9.17) is 5.11 Å². The fourth-order valence-electron chi connectivity index (χ4n) is 1.67. The molecule has 1 fully saturated rings. The minimum Gasteiger partial charge on any atom is -0.480 e. The Hall–Kier alpha value is -1.91. The van der Waals surface area contributed by atoms with Gasteiger partial charge in [0.05, 0.1) is 0 Å². The summed E-state index contributed by atoms with van der Waals surface area (Å²) in [5, 5.41) is 11.4. The van der Waals surface area contributed by atoms with Crippen molar-refractivity contribution in [1.82, 2.24) is 5.32 Å². The quantitative estimate of drug-likeness (QED) is 0.836. The highest BCUT2D eigenvalue weighted by Crippen LogP contribution is 2.35. The van der Waals surface area contributed by atoms with E-state index in [9.17, 15) is 14.0 Å². The fraction of sp³-hybridized carbons (Fsp3) is 0.333. The molecule has 0 heterocycles. The number of amides is 1. The summed E-state index contributed by atoms with van der Waals surface area (Å²) in [6, 6.07) is 3.93. The molecule has 4 nitrogen and oxygen atoms in total. The molecular formula is C12H12FNO3. The molecule has 1 aromatic carbocycles. The van der Waals surface area contributed by atoms with Crippen LogP contribution in [0.4, 0.5) is 4.39 Å².